The lowest BCUT2D eigenvalue weighted by Gasteiger charge is -2.34. The molecule has 0 bridgehead atoms. The van der Waals surface area contributed by atoms with E-state index in [-0.39, 0.29) is 0 Å². The molecule has 0 radical (unpaired) electrons. The molecular formula is C36H27Br. The van der Waals surface area contributed by atoms with Gasteiger partial charge in [0.15, 0.2) is 0 Å². The molecule has 0 atom stereocenters. The minimum Gasteiger partial charge on any atom is -0.0990 e. The lowest BCUT2D eigenvalue weighted by atomic mass is 9.67. The van der Waals surface area contributed by atoms with Crippen LogP contribution in [-0.4, -0.2) is 0 Å². The summed E-state index contributed by atoms with van der Waals surface area (Å²) in [5.74, 6) is 0. The molecule has 0 heterocycles. The van der Waals surface area contributed by atoms with E-state index < -0.39 is 5.41 Å². The van der Waals surface area contributed by atoms with Crippen molar-refractivity contribution in [2.24, 2.45) is 0 Å². The quantitative estimate of drug-likeness (QED) is 0.191. The maximum atomic E-state index is 4.01. The van der Waals surface area contributed by atoms with Crippen molar-refractivity contribution in [1.29, 1.82) is 0 Å². The molecule has 1 heteroatoms. The molecule has 0 aliphatic heterocycles. The highest BCUT2D eigenvalue weighted by molar-refractivity contribution is 9.10. The van der Waals surface area contributed by atoms with Crippen molar-refractivity contribution < 1.29 is 0 Å². The second kappa shape index (κ2) is 9.50. The van der Waals surface area contributed by atoms with Crippen molar-refractivity contribution in [3.8, 4) is 11.1 Å². The van der Waals surface area contributed by atoms with Gasteiger partial charge in [-0.3, -0.25) is 0 Å². The zero-order valence-corrected chi connectivity index (χ0v) is 22.4. The van der Waals surface area contributed by atoms with E-state index in [0.29, 0.717) is 0 Å². The van der Waals surface area contributed by atoms with E-state index in [0.717, 1.165) is 10.0 Å². The van der Waals surface area contributed by atoms with E-state index in [2.05, 4.69) is 157 Å². The first-order chi connectivity index (χ1) is 18.2. The van der Waals surface area contributed by atoms with Crippen molar-refractivity contribution in [2.45, 2.75) is 12.3 Å². The SMILES string of the molecule is C=C/C=C(\C=C/C)c1cc2c(c3ccccc13)-c1ccc(Br)cc1C2(c1ccccc1)c1ccccc1. The van der Waals surface area contributed by atoms with Gasteiger partial charge in [0.2, 0.25) is 0 Å². The van der Waals surface area contributed by atoms with Gasteiger partial charge in [-0.15, -0.1) is 0 Å². The van der Waals surface area contributed by atoms with Crippen molar-refractivity contribution in [3.05, 3.63) is 172 Å². The van der Waals surface area contributed by atoms with Gasteiger partial charge in [0.25, 0.3) is 0 Å². The number of allylic oxidation sites excluding steroid dienone is 5. The van der Waals surface area contributed by atoms with Gasteiger partial charge in [-0.2, -0.15) is 0 Å². The average molecular weight is 540 g/mol. The lowest BCUT2D eigenvalue weighted by molar-refractivity contribution is 0.768. The molecule has 178 valence electrons. The third-order valence-electron chi connectivity index (χ3n) is 7.47. The van der Waals surface area contributed by atoms with Crippen LogP contribution in [0.25, 0.3) is 27.5 Å². The summed E-state index contributed by atoms with van der Waals surface area (Å²) in [6.07, 6.45) is 8.27. The molecule has 0 saturated carbocycles. The largest absolute Gasteiger partial charge is 0.0990 e. The fourth-order valence-electron chi connectivity index (χ4n) is 6.10. The van der Waals surface area contributed by atoms with Crippen LogP contribution in [-0.2, 0) is 5.41 Å². The molecule has 0 nitrogen and oxygen atoms in total. The second-order valence-corrected chi connectivity index (χ2v) is 10.3. The first-order valence-corrected chi connectivity index (χ1v) is 13.4. The van der Waals surface area contributed by atoms with Crippen molar-refractivity contribution in [1.82, 2.24) is 0 Å². The fourth-order valence-corrected chi connectivity index (χ4v) is 6.46. The first-order valence-electron chi connectivity index (χ1n) is 12.6. The summed E-state index contributed by atoms with van der Waals surface area (Å²) >= 11 is 3.81. The monoisotopic (exact) mass is 538 g/mol. The fraction of sp³-hybridized carbons (Fsp3) is 0.0556. The molecule has 0 fully saturated rings. The minimum atomic E-state index is -0.453. The third kappa shape index (κ3) is 3.57. The molecule has 5 aromatic rings. The Labute approximate surface area is 227 Å². The highest BCUT2D eigenvalue weighted by atomic mass is 79.9. The summed E-state index contributed by atoms with van der Waals surface area (Å²) in [5.41, 5.74) is 9.66. The Hall–Kier alpha value is -3.94. The van der Waals surface area contributed by atoms with Gasteiger partial charge in [0, 0.05) is 4.47 Å². The molecule has 0 N–H and O–H groups in total. The molecule has 0 spiro atoms. The maximum absolute atomic E-state index is 4.01. The molecule has 0 saturated heterocycles. The Bertz CT molecular complexity index is 1650. The number of fused-ring (bicyclic) bond motifs is 5. The highest BCUT2D eigenvalue weighted by Crippen LogP contribution is 2.59. The molecule has 5 aromatic carbocycles. The number of benzene rings is 5. The molecule has 0 aromatic heterocycles. The first kappa shape index (κ1) is 23.5. The van der Waals surface area contributed by atoms with Gasteiger partial charge in [-0.25, -0.2) is 0 Å². The smallest absolute Gasteiger partial charge is 0.0714 e. The summed E-state index contributed by atoms with van der Waals surface area (Å²) in [7, 11) is 0. The summed E-state index contributed by atoms with van der Waals surface area (Å²) in [6, 6.07) is 39.9. The predicted octanol–water partition coefficient (Wildman–Crippen LogP) is 10.1. The number of hydrogen-bond donors (Lipinski definition) is 0. The van der Waals surface area contributed by atoms with Gasteiger partial charge >= 0.3 is 0 Å². The maximum Gasteiger partial charge on any atom is 0.0714 e. The molecule has 1 aliphatic carbocycles. The highest BCUT2D eigenvalue weighted by Gasteiger charge is 2.47. The van der Waals surface area contributed by atoms with E-state index in [1.165, 1.54) is 49.7 Å². The topological polar surface area (TPSA) is 0 Å². The molecule has 1 aliphatic rings. The Balaban J connectivity index is 1.87. The van der Waals surface area contributed by atoms with E-state index in [1.54, 1.807) is 0 Å². The van der Waals surface area contributed by atoms with Crippen LogP contribution in [0.4, 0.5) is 0 Å². The Kier molecular flexibility index (Phi) is 6.02. The van der Waals surface area contributed by atoms with E-state index in [9.17, 15) is 0 Å². The standard InChI is InChI=1S/C36H27Br/c1-3-13-25(14-4-2)32-24-34-35(30-20-12-11-19-29(30)32)31-22-21-28(37)23-33(31)36(34,26-15-7-5-8-16-26)27-17-9-6-10-18-27/h3-24H,1H2,2H3/b14-4-,25-13+. The lowest BCUT2D eigenvalue weighted by Crippen LogP contribution is -2.28. The van der Waals surface area contributed by atoms with Crippen molar-refractivity contribution in [3.63, 3.8) is 0 Å². The van der Waals surface area contributed by atoms with Gasteiger partial charge in [-0.1, -0.05) is 138 Å². The summed E-state index contributed by atoms with van der Waals surface area (Å²) in [4.78, 5) is 0. The van der Waals surface area contributed by atoms with Crippen LogP contribution in [0.15, 0.2) is 145 Å². The zero-order valence-electron chi connectivity index (χ0n) is 20.8. The third-order valence-corrected chi connectivity index (χ3v) is 7.97. The van der Waals surface area contributed by atoms with E-state index >= 15 is 0 Å². The number of hydrogen-bond acceptors (Lipinski definition) is 0. The normalized spacial score (nSPS) is 14.1. The van der Waals surface area contributed by atoms with Crippen molar-refractivity contribution >= 4 is 32.3 Å². The molecule has 6 rings (SSSR count). The zero-order chi connectivity index (χ0) is 25.4. The summed E-state index contributed by atoms with van der Waals surface area (Å²) < 4.78 is 1.08. The summed E-state index contributed by atoms with van der Waals surface area (Å²) in [5, 5.41) is 2.52. The van der Waals surface area contributed by atoms with Crippen LogP contribution in [0.2, 0.25) is 0 Å². The molecular weight excluding hydrogens is 512 g/mol. The Morgan fingerprint density at radius 3 is 1.97 bits per heavy atom. The van der Waals surface area contributed by atoms with Gasteiger partial charge < -0.3 is 0 Å². The van der Waals surface area contributed by atoms with E-state index in [4.69, 9.17) is 0 Å². The molecule has 0 amide bonds. The van der Waals surface area contributed by atoms with Gasteiger partial charge in [-0.05, 0) is 80.4 Å². The molecule has 37 heavy (non-hydrogen) atoms. The Morgan fingerprint density at radius 1 is 0.730 bits per heavy atom. The number of rotatable bonds is 5. The minimum absolute atomic E-state index is 0.453. The van der Waals surface area contributed by atoms with Crippen LogP contribution < -0.4 is 0 Å². The van der Waals surface area contributed by atoms with E-state index in [1.807, 2.05) is 6.08 Å². The molecule has 0 unspecified atom stereocenters. The summed E-state index contributed by atoms with van der Waals surface area (Å²) in [6.45, 7) is 6.08. The van der Waals surface area contributed by atoms with Crippen molar-refractivity contribution in [2.75, 3.05) is 0 Å². The van der Waals surface area contributed by atoms with Gasteiger partial charge in [0.05, 0.1) is 5.41 Å². The van der Waals surface area contributed by atoms with Crippen LogP contribution in [0, 0.1) is 0 Å². The van der Waals surface area contributed by atoms with Crippen LogP contribution in [0.1, 0.15) is 34.7 Å². The second-order valence-electron chi connectivity index (χ2n) is 9.42. The number of halogens is 1. The van der Waals surface area contributed by atoms with Gasteiger partial charge in [0.1, 0.15) is 0 Å². The van der Waals surface area contributed by atoms with Crippen LogP contribution in [0.3, 0.4) is 0 Å². The van der Waals surface area contributed by atoms with Crippen LogP contribution >= 0.6 is 15.9 Å². The Morgan fingerprint density at radius 2 is 1.35 bits per heavy atom. The van der Waals surface area contributed by atoms with Crippen LogP contribution in [0.5, 0.6) is 0 Å². The average Bonchev–Trinajstić information content (AvgIpc) is 3.23. The predicted molar refractivity (Wildman–Crippen MR) is 162 cm³/mol.